The molecule has 2 aliphatic heterocycles. The number of carbonyl (C=O) groups is 1. The standard InChI is InChI=1S/C25H32ClN3O6S2/c26-23-12-7-20(19-24(23)37(33,34)29-16-5-2-6-17-29)25(30)27-13-18-35-21-8-10-22(11-9-21)36(31,32)28-14-3-1-4-15-28/h7-12,19H,1-6,13-18H2,(H,27,30). The third kappa shape index (κ3) is 6.64. The van der Waals surface area contributed by atoms with E-state index >= 15 is 0 Å². The van der Waals surface area contributed by atoms with Crippen LogP contribution in [0, 0.1) is 0 Å². The van der Waals surface area contributed by atoms with Gasteiger partial charge >= 0.3 is 0 Å². The summed E-state index contributed by atoms with van der Waals surface area (Å²) in [6.45, 7) is 2.29. The Hall–Kier alpha value is -2.18. The van der Waals surface area contributed by atoms with Crippen LogP contribution in [-0.2, 0) is 20.0 Å². The number of carbonyl (C=O) groups excluding carboxylic acids is 1. The Bertz CT molecular complexity index is 1300. The summed E-state index contributed by atoms with van der Waals surface area (Å²) in [5.74, 6) is 0.0339. The molecule has 2 aliphatic rings. The molecule has 0 aromatic heterocycles. The van der Waals surface area contributed by atoms with E-state index in [9.17, 15) is 21.6 Å². The molecule has 0 spiro atoms. The average Bonchev–Trinajstić information content (AvgIpc) is 2.92. The predicted octanol–water partition coefficient (Wildman–Crippen LogP) is 3.50. The van der Waals surface area contributed by atoms with Crippen LogP contribution < -0.4 is 10.1 Å². The van der Waals surface area contributed by atoms with E-state index in [2.05, 4.69) is 5.32 Å². The Kier molecular flexibility index (Phi) is 9.12. The van der Waals surface area contributed by atoms with Crippen molar-refractivity contribution < 1.29 is 26.4 Å². The zero-order valence-corrected chi connectivity index (χ0v) is 23.0. The molecule has 0 unspecified atom stereocenters. The van der Waals surface area contributed by atoms with Gasteiger partial charge in [-0.15, -0.1) is 0 Å². The van der Waals surface area contributed by atoms with E-state index in [1.807, 2.05) is 0 Å². The fraction of sp³-hybridized carbons (Fsp3) is 0.480. The Morgan fingerprint density at radius 1 is 0.811 bits per heavy atom. The van der Waals surface area contributed by atoms with Crippen LogP contribution in [0.1, 0.15) is 48.9 Å². The van der Waals surface area contributed by atoms with Gasteiger partial charge in [0.1, 0.15) is 17.3 Å². The number of nitrogens with zero attached hydrogens (tertiary/aromatic N) is 2. The second kappa shape index (κ2) is 12.1. The molecule has 0 saturated carbocycles. The normalized spacial score (nSPS) is 17.9. The summed E-state index contributed by atoms with van der Waals surface area (Å²) >= 11 is 6.18. The maximum atomic E-state index is 13.0. The monoisotopic (exact) mass is 569 g/mol. The van der Waals surface area contributed by atoms with Crippen LogP contribution in [0.15, 0.2) is 52.3 Å². The summed E-state index contributed by atoms with van der Waals surface area (Å²) in [5, 5.41) is 2.79. The molecule has 2 saturated heterocycles. The lowest BCUT2D eigenvalue weighted by molar-refractivity contribution is 0.0946. The number of piperidine rings is 2. The molecular formula is C25H32ClN3O6S2. The summed E-state index contributed by atoms with van der Waals surface area (Å²) in [5.41, 5.74) is 0.187. The lowest BCUT2D eigenvalue weighted by Gasteiger charge is -2.26. The van der Waals surface area contributed by atoms with Crippen molar-refractivity contribution in [2.45, 2.75) is 48.3 Å². The van der Waals surface area contributed by atoms with Crippen LogP contribution in [0.5, 0.6) is 5.75 Å². The number of amides is 1. The molecule has 2 aromatic carbocycles. The highest BCUT2D eigenvalue weighted by atomic mass is 35.5. The molecule has 2 heterocycles. The number of halogens is 1. The molecule has 2 fully saturated rings. The number of nitrogens with one attached hydrogen (secondary N) is 1. The number of hydrogen-bond acceptors (Lipinski definition) is 6. The van der Waals surface area contributed by atoms with Crippen LogP contribution in [0.4, 0.5) is 0 Å². The first-order chi connectivity index (χ1) is 17.7. The molecule has 2 aromatic rings. The summed E-state index contributed by atoms with van der Waals surface area (Å²) in [7, 11) is -7.29. The number of hydrogen-bond donors (Lipinski definition) is 1. The van der Waals surface area contributed by atoms with Crippen molar-refractivity contribution in [2.75, 3.05) is 39.3 Å². The van der Waals surface area contributed by atoms with Gasteiger partial charge in [0.15, 0.2) is 0 Å². The minimum absolute atomic E-state index is 0.0699. The lowest BCUT2D eigenvalue weighted by atomic mass is 10.2. The Morgan fingerprint density at radius 3 is 1.97 bits per heavy atom. The largest absolute Gasteiger partial charge is 0.492 e. The number of rotatable bonds is 9. The van der Waals surface area contributed by atoms with Crippen LogP contribution in [0.2, 0.25) is 5.02 Å². The molecule has 1 N–H and O–H groups in total. The van der Waals surface area contributed by atoms with E-state index in [0.29, 0.717) is 31.9 Å². The van der Waals surface area contributed by atoms with Gasteiger partial charge in [0.05, 0.1) is 16.5 Å². The Morgan fingerprint density at radius 2 is 1.38 bits per heavy atom. The fourth-order valence-electron chi connectivity index (χ4n) is 4.48. The molecule has 202 valence electrons. The average molecular weight is 570 g/mol. The molecule has 1 amide bonds. The SMILES string of the molecule is O=C(NCCOc1ccc(S(=O)(=O)N2CCCCC2)cc1)c1ccc(Cl)c(S(=O)(=O)N2CCCCC2)c1. The topological polar surface area (TPSA) is 113 Å². The molecule has 0 atom stereocenters. The van der Waals surface area contributed by atoms with E-state index in [0.717, 1.165) is 38.5 Å². The number of benzene rings is 2. The lowest BCUT2D eigenvalue weighted by Crippen LogP contribution is -2.36. The Balaban J connectivity index is 1.31. The summed E-state index contributed by atoms with van der Waals surface area (Å²) in [6.07, 6.45) is 5.38. The maximum Gasteiger partial charge on any atom is 0.251 e. The van der Waals surface area contributed by atoms with Gasteiger partial charge in [-0.05, 0) is 68.1 Å². The minimum atomic E-state index is -3.78. The predicted molar refractivity (Wildman–Crippen MR) is 141 cm³/mol. The zero-order valence-electron chi connectivity index (χ0n) is 20.6. The van der Waals surface area contributed by atoms with E-state index in [-0.39, 0.29) is 33.5 Å². The number of sulfonamides is 2. The third-order valence-corrected chi connectivity index (χ3v) is 10.9. The van der Waals surface area contributed by atoms with Gasteiger partial charge in [-0.2, -0.15) is 8.61 Å². The van der Waals surface area contributed by atoms with E-state index in [1.54, 1.807) is 12.1 Å². The first-order valence-corrected chi connectivity index (χ1v) is 15.8. The van der Waals surface area contributed by atoms with Gasteiger partial charge in [-0.1, -0.05) is 24.4 Å². The zero-order chi connectivity index (χ0) is 26.5. The summed E-state index contributed by atoms with van der Waals surface area (Å²) in [6, 6.07) is 10.4. The summed E-state index contributed by atoms with van der Waals surface area (Å²) < 4.78 is 60.1. The van der Waals surface area contributed by atoms with Crippen molar-refractivity contribution in [1.82, 2.24) is 13.9 Å². The van der Waals surface area contributed by atoms with Gasteiger partial charge in [-0.3, -0.25) is 4.79 Å². The van der Waals surface area contributed by atoms with Crippen LogP contribution in [0.25, 0.3) is 0 Å². The van der Waals surface area contributed by atoms with Crippen molar-refractivity contribution in [3.63, 3.8) is 0 Å². The first kappa shape index (κ1) is 27.8. The minimum Gasteiger partial charge on any atom is -0.492 e. The molecular weight excluding hydrogens is 538 g/mol. The van der Waals surface area contributed by atoms with Gasteiger partial charge in [0.25, 0.3) is 5.91 Å². The van der Waals surface area contributed by atoms with Gasteiger partial charge in [0, 0.05) is 31.7 Å². The molecule has 12 heteroatoms. The van der Waals surface area contributed by atoms with E-state index in [1.165, 1.54) is 38.9 Å². The van der Waals surface area contributed by atoms with Crippen molar-refractivity contribution in [3.05, 3.63) is 53.1 Å². The summed E-state index contributed by atoms with van der Waals surface area (Å²) in [4.78, 5) is 12.8. The van der Waals surface area contributed by atoms with E-state index < -0.39 is 26.0 Å². The highest BCUT2D eigenvalue weighted by Crippen LogP contribution is 2.28. The molecule has 9 nitrogen and oxygen atoms in total. The van der Waals surface area contributed by atoms with Gasteiger partial charge < -0.3 is 10.1 Å². The fourth-order valence-corrected chi connectivity index (χ4v) is 8.02. The molecule has 0 aliphatic carbocycles. The van der Waals surface area contributed by atoms with Crippen molar-refractivity contribution in [1.29, 1.82) is 0 Å². The van der Waals surface area contributed by atoms with Crippen molar-refractivity contribution in [3.8, 4) is 5.75 Å². The van der Waals surface area contributed by atoms with Gasteiger partial charge in [0.2, 0.25) is 20.0 Å². The second-order valence-electron chi connectivity index (χ2n) is 9.15. The molecule has 0 bridgehead atoms. The second-order valence-corrected chi connectivity index (χ2v) is 13.4. The Labute approximate surface area is 223 Å². The van der Waals surface area contributed by atoms with Crippen LogP contribution in [0.3, 0.4) is 0 Å². The number of ether oxygens (including phenoxy) is 1. The van der Waals surface area contributed by atoms with Crippen molar-refractivity contribution >= 4 is 37.6 Å². The third-order valence-electron chi connectivity index (χ3n) is 6.56. The first-order valence-electron chi connectivity index (χ1n) is 12.5. The highest BCUT2D eigenvalue weighted by molar-refractivity contribution is 7.89. The van der Waals surface area contributed by atoms with Crippen LogP contribution >= 0.6 is 11.6 Å². The molecule has 37 heavy (non-hydrogen) atoms. The van der Waals surface area contributed by atoms with Crippen LogP contribution in [-0.4, -0.2) is 70.7 Å². The quantitative estimate of drug-likeness (QED) is 0.463. The molecule has 0 radical (unpaired) electrons. The maximum absolute atomic E-state index is 13.0. The van der Waals surface area contributed by atoms with E-state index in [4.69, 9.17) is 16.3 Å². The molecule has 4 rings (SSSR count). The highest BCUT2D eigenvalue weighted by Gasteiger charge is 2.29. The smallest absolute Gasteiger partial charge is 0.251 e. The van der Waals surface area contributed by atoms with Crippen molar-refractivity contribution in [2.24, 2.45) is 0 Å². The van der Waals surface area contributed by atoms with Gasteiger partial charge in [-0.25, -0.2) is 16.8 Å².